The van der Waals surface area contributed by atoms with Crippen LogP contribution in [0.25, 0.3) is 0 Å². The van der Waals surface area contributed by atoms with Gasteiger partial charge in [0.05, 0.1) is 0 Å². The molecule has 1 heterocycles. The lowest BCUT2D eigenvalue weighted by Gasteiger charge is -2.28. The Morgan fingerprint density at radius 1 is 1.45 bits per heavy atom. The van der Waals surface area contributed by atoms with E-state index >= 15 is 0 Å². The summed E-state index contributed by atoms with van der Waals surface area (Å²) in [5.74, 6) is 1.85. The first-order chi connectivity index (χ1) is 10.7. The summed E-state index contributed by atoms with van der Waals surface area (Å²) in [7, 11) is 0. The Labute approximate surface area is 132 Å². The van der Waals surface area contributed by atoms with Gasteiger partial charge in [-0.25, -0.2) is 0 Å². The van der Waals surface area contributed by atoms with Crippen molar-refractivity contribution in [3.05, 3.63) is 24.3 Å². The van der Waals surface area contributed by atoms with Gasteiger partial charge >= 0.3 is 0 Å². The standard InChI is InChI=1S/C17H27N3O2/c1-13(14-3-2-9-19-12-14)11-17(21)20-15-4-6-16(7-5-15)22-10-8-18/h4-7,13-14,19H,2-3,8-12,18H2,1H3,(H,20,21). The Balaban J connectivity index is 1.78. The lowest BCUT2D eigenvalue weighted by molar-refractivity contribution is -0.117. The Kier molecular flexibility index (Phi) is 6.68. The molecule has 0 aromatic heterocycles. The summed E-state index contributed by atoms with van der Waals surface area (Å²) in [5, 5.41) is 6.36. The third-order valence-corrected chi connectivity index (χ3v) is 4.17. The van der Waals surface area contributed by atoms with Crippen LogP contribution in [0.5, 0.6) is 5.75 Å². The summed E-state index contributed by atoms with van der Waals surface area (Å²) < 4.78 is 5.41. The van der Waals surface area contributed by atoms with Crippen molar-refractivity contribution in [1.82, 2.24) is 5.32 Å². The van der Waals surface area contributed by atoms with Crippen LogP contribution in [0.4, 0.5) is 5.69 Å². The number of carbonyl (C=O) groups excluding carboxylic acids is 1. The molecule has 1 aromatic rings. The molecule has 4 N–H and O–H groups in total. The topological polar surface area (TPSA) is 76.4 Å². The molecule has 1 aliphatic rings. The fourth-order valence-corrected chi connectivity index (χ4v) is 2.85. The predicted octanol–water partition coefficient (Wildman–Crippen LogP) is 1.99. The van der Waals surface area contributed by atoms with Gasteiger partial charge in [-0.3, -0.25) is 4.79 Å². The maximum absolute atomic E-state index is 12.1. The molecule has 0 spiro atoms. The van der Waals surface area contributed by atoms with E-state index in [9.17, 15) is 4.79 Å². The van der Waals surface area contributed by atoms with Crippen LogP contribution in [0.15, 0.2) is 24.3 Å². The van der Waals surface area contributed by atoms with Gasteiger partial charge < -0.3 is 21.1 Å². The molecule has 22 heavy (non-hydrogen) atoms. The number of rotatable bonds is 7. The molecule has 1 aromatic carbocycles. The van der Waals surface area contributed by atoms with E-state index in [1.807, 2.05) is 24.3 Å². The minimum Gasteiger partial charge on any atom is -0.492 e. The van der Waals surface area contributed by atoms with Gasteiger partial charge in [0.25, 0.3) is 0 Å². The Morgan fingerprint density at radius 2 is 2.23 bits per heavy atom. The van der Waals surface area contributed by atoms with Crippen LogP contribution in [-0.2, 0) is 4.79 Å². The van der Waals surface area contributed by atoms with E-state index in [4.69, 9.17) is 10.5 Å². The SMILES string of the molecule is CC(CC(=O)Nc1ccc(OCCN)cc1)C1CCCNC1. The number of carbonyl (C=O) groups is 1. The van der Waals surface area contributed by atoms with E-state index in [1.165, 1.54) is 12.8 Å². The Morgan fingerprint density at radius 3 is 2.86 bits per heavy atom. The van der Waals surface area contributed by atoms with Crippen molar-refractivity contribution < 1.29 is 9.53 Å². The molecular weight excluding hydrogens is 278 g/mol. The molecule has 1 aliphatic heterocycles. The van der Waals surface area contributed by atoms with Crippen molar-refractivity contribution in [3.8, 4) is 5.75 Å². The zero-order valence-corrected chi connectivity index (χ0v) is 13.3. The highest BCUT2D eigenvalue weighted by atomic mass is 16.5. The van der Waals surface area contributed by atoms with Crippen molar-refractivity contribution in [2.75, 3.05) is 31.6 Å². The van der Waals surface area contributed by atoms with Crippen LogP contribution in [-0.4, -0.2) is 32.1 Å². The van der Waals surface area contributed by atoms with Crippen LogP contribution in [0, 0.1) is 11.8 Å². The van der Waals surface area contributed by atoms with E-state index < -0.39 is 0 Å². The molecule has 0 bridgehead atoms. The van der Waals surface area contributed by atoms with Gasteiger partial charge in [0.2, 0.25) is 5.91 Å². The average molecular weight is 305 g/mol. The molecule has 2 unspecified atom stereocenters. The molecule has 1 fully saturated rings. The number of nitrogens with one attached hydrogen (secondary N) is 2. The highest BCUT2D eigenvalue weighted by Crippen LogP contribution is 2.23. The zero-order valence-electron chi connectivity index (χ0n) is 13.3. The third-order valence-electron chi connectivity index (χ3n) is 4.17. The number of benzene rings is 1. The summed E-state index contributed by atoms with van der Waals surface area (Å²) in [6, 6.07) is 7.41. The number of nitrogens with two attached hydrogens (primary N) is 1. The smallest absolute Gasteiger partial charge is 0.224 e. The number of piperidine rings is 1. The van der Waals surface area contributed by atoms with Gasteiger partial charge in [0, 0.05) is 18.7 Å². The molecule has 2 rings (SSSR count). The molecule has 0 saturated carbocycles. The number of ether oxygens (including phenoxy) is 1. The van der Waals surface area contributed by atoms with Crippen molar-refractivity contribution >= 4 is 11.6 Å². The number of hydrogen-bond acceptors (Lipinski definition) is 4. The van der Waals surface area contributed by atoms with Crippen molar-refractivity contribution in [2.45, 2.75) is 26.2 Å². The van der Waals surface area contributed by atoms with Gasteiger partial charge in [-0.1, -0.05) is 6.92 Å². The minimum absolute atomic E-state index is 0.0775. The van der Waals surface area contributed by atoms with E-state index in [1.54, 1.807) is 0 Å². The summed E-state index contributed by atoms with van der Waals surface area (Å²) in [4.78, 5) is 12.1. The molecule has 1 saturated heterocycles. The molecular formula is C17H27N3O2. The predicted molar refractivity (Wildman–Crippen MR) is 89.0 cm³/mol. The first-order valence-corrected chi connectivity index (χ1v) is 8.12. The zero-order chi connectivity index (χ0) is 15.8. The fraction of sp³-hybridized carbons (Fsp3) is 0.588. The van der Waals surface area contributed by atoms with Crippen molar-refractivity contribution in [1.29, 1.82) is 0 Å². The highest BCUT2D eigenvalue weighted by molar-refractivity contribution is 5.90. The largest absolute Gasteiger partial charge is 0.492 e. The highest BCUT2D eigenvalue weighted by Gasteiger charge is 2.21. The number of anilines is 1. The summed E-state index contributed by atoms with van der Waals surface area (Å²) in [5.41, 5.74) is 6.20. The third kappa shape index (κ3) is 5.31. The van der Waals surface area contributed by atoms with E-state index in [2.05, 4.69) is 17.6 Å². The molecule has 0 aliphatic carbocycles. The maximum Gasteiger partial charge on any atom is 0.224 e. The maximum atomic E-state index is 12.1. The molecule has 5 heteroatoms. The van der Waals surface area contributed by atoms with Crippen LogP contribution in [0.2, 0.25) is 0 Å². The quantitative estimate of drug-likeness (QED) is 0.720. The lowest BCUT2D eigenvalue weighted by Crippen LogP contribution is -2.34. The van der Waals surface area contributed by atoms with Crippen LogP contribution in [0.3, 0.4) is 0 Å². The molecule has 0 radical (unpaired) electrons. The second-order valence-electron chi connectivity index (χ2n) is 6.00. The number of hydrogen-bond donors (Lipinski definition) is 3. The summed E-state index contributed by atoms with van der Waals surface area (Å²) >= 11 is 0. The normalized spacial score (nSPS) is 19.5. The van der Waals surface area contributed by atoms with Crippen LogP contribution in [0.1, 0.15) is 26.2 Å². The van der Waals surface area contributed by atoms with Crippen LogP contribution >= 0.6 is 0 Å². The number of amides is 1. The van der Waals surface area contributed by atoms with Gasteiger partial charge in [-0.2, -0.15) is 0 Å². The molecule has 2 atom stereocenters. The van der Waals surface area contributed by atoms with Crippen molar-refractivity contribution in [2.24, 2.45) is 17.6 Å². The Bertz CT molecular complexity index is 455. The first-order valence-electron chi connectivity index (χ1n) is 8.12. The Hall–Kier alpha value is -1.59. The van der Waals surface area contributed by atoms with E-state index in [0.717, 1.165) is 24.5 Å². The second-order valence-corrected chi connectivity index (χ2v) is 6.00. The average Bonchev–Trinajstić information content (AvgIpc) is 2.55. The van der Waals surface area contributed by atoms with E-state index in [-0.39, 0.29) is 5.91 Å². The molecule has 1 amide bonds. The molecule has 122 valence electrons. The van der Waals surface area contributed by atoms with Gasteiger partial charge in [-0.15, -0.1) is 0 Å². The first kappa shape index (κ1) is 16.8. The lowest BCUT2D eigenvalue weighted by atomic mass is 9.85. The van der Waals surface area contributed by atoms with Gasteiger partial charge in [0.15, 0.2) is 0 Å². The van der Waals surface area contributed by atoms with E-state index in [0.29, 0.717) is 31.4 Å². The fourth-order valence-electron chi connectivity index (χ4n) is 2.85. The summed E-state index contributed by atoms with van der Waals surface area (Å²) in [6.07, 6.45) is 2.99. The summed E-state index contributed by atoms with van der Waals surface area (Å²) in [6.45, 7) is 5.29. The minimum atomic E-state index is 0.0775. The van der Waals surface area contributed by atoms with Crippen LogP contribution < -0.4 is 21.1 Å². The van der Waals surface area contributed by atoms with Gasteiger partial charge in [-0.05, 0) is 62.0 Å². The van der Waals surface area contributed by atoms with Crippen molar-refractivity contribution in [3.63, 3.8) is 0 Å². The monoisotopic (exact) mass is 305 g/mol. The second kappa shape index (κ2) is 8.76. The van der Waals surface area contributed by atoms with Gasteiger partial charge in [0.1, 0.15) is 12.4 Å². The molecule has 5 nitrogen and oxygen atoms in total.